The van der Waals surface area contributed by atoms with Crippen LogP contribution in [0.25, 0.3) is 10.6 Å². The molecule has 2 heterocycles. The van der Waals surface area contributed by atoms with Crippen molar-refractivity contribution in [3.05, 3.63) is 39.3 Å². The summed E-state index contributed by atoms with van der Waals surface area (Å²) >= 11 is 13.8. The number of carbonyl (C=O) groups excluding carboxylic acids is 1. The summed E-state index contributed by atoms with van der Waals surface area (Å²) in [5, 5.41) is 12.6. The first-order valence-corrected chi connectivity index (χ1v) is 9.48. The number of aliphatic carboxylic acids is 1. The standard InChI is InChI=1S/C17H16Cl2N2O3S/c18-12-4-1-5-13(19)15(12)16-20-11(9-25-16)7-14(22)21-6-2-3-10(8-21)17(23)24/h1,4-5,9-10H,2-3,6-8H2,(H,23,24)/t10-/m1/s1. The summed E-state index contributed by atoms with van der Waals surface area (Å²) in [6.45, 7) is 0.859. The van der Waals surface area contributed by atoms with Crippen LogP contribution < -0.4 is 0 Å². The summed E-state index contributed by atoms with van der Waals surface area (Å²) in [4.78, 5) is 29.7. The zero-order valence-electron chi connectivity index (χ0n) is 13.2. The number of thiazole rings is 1. The van der Waals surface area contributed by atoms with Crippen molar-refractivity contribution in [3.8, 4) is 10.6 Å². The predicted molar refractivity (Wildman–Crippen MR) is 98.2 cm³/mol. The van der Waals surface area contributed by atoms with Crippen molar-refractivity contribution in [1.82, 2.24) is 9.88 Å². The number of halogens is 2. The van der Waals surface area contributed by atoms with E-state index >= 15 is 0 Å². The Bertz CT molecular complexity index is 789. The Morgan fingerprint density at radius 1 is 1.32 bits per heavy atom. The number of aromatic nitrogens is 1. The maximum atomic E-state index is 12.5. The van der Waals surface area contributed by atoms with Gasteiger partial charge in [0, 0.05) is 24.0 Å². The highest BCUT2D eigenvalue weighted by atomic mass is 35.5. The van der Waals surface area contributed by atoms with Gasteiger partial charge in [-0.3, -0.25) is 9.59 Å². The number of likely N-dealkylation sites (tertiary alicyclic amines) is 1. The number of benzene rings is 1. The van der Waals surface area contributed by atoms with Crippen LogP contribution in [0.3, 0.4) is 0 Å². The molecule has 0 spiro atoms. The van der Waals surface area contributed by atoms with E-state index < -0.39 is 11.9 Å². The van der Waals surface area contributed by atoms with Crippen LogP contribution in [-0.2, 0) is 16.0 Å². The first kappa shape index (κ1) is 18.2. The summed E-state index contributed by atoms with van der Waals surface area (Å²) in [5.74, 6) is -1.43. The second-order valence-corrected chi connectivity index (χ2v) is 7.61. The topological polar surface area (TPSA) is 70.5 Å². The Morgan fingerprint density at radius 2 is 2.04 bits per heavy atom. The van der Waals surface area contributed by atoms with E-state index in [2.05, 4.69) is 4.98 Å². The van der Waals surface area contributed by atoms with Gasteiger partial charge < -0.3 is 10.0 Å². The van der Waals surface area contributed by atoms with Crippen molar-refractivity contribution in [2.45, 2.75) is 19.3 Å². The van der Waals surface area contributed by atoms with Crippen molar-refractivity contribution < 1.29 is 14.7 Å². The van der Waals surface area contributed by atoms with Crippen molar-refractivity contribution in [2.24, 2.45) is 5.92 Å². The van der Waals surface area contributed by atoms with Gasteiger partial charge in [-0.05, 0) is 25.0 Å². The van der Waals surface area contributed by atoms with Crippen LogP contribution in [-0.4, -0.2) is 40.0 Å². The minimum Gasteiger partial charge on any atom is -0.481 e. The maximum absolute atomic E-state index is 12.5. The molecule has 1 fully saturated rings. The Kier molecular flexibility index (Phi) is 5.61. The van der Waals surface area contributed by atoms with Gasteiger partial charge in [-0.25, -0.2) is 4.98 Å². The third-order valence-corrected chi connectivity index (χ3v) is 5.72. The van der Waals surface area contributed by atoms with E-state index in [1.807, 2.05) is 5.38 Å². The third-order valence-electron chi connectivity index (χ3n) is 4.18. The Labute approximate surface area is 159 Å². The van der Waals surface area contributed by atoms with Crippen LogP contribution in [0.5, 0.6) is 0 Å². The molecule has 0 aliphatic carbocycles. The number of carbonyl (C=O) groups is 2. The molecule has 0 bridgehead atoms. The lowest BCUT2D eigenvalue weighted by atomic mass is 9.98. The van der Waals surface area contributed by atoms with Gasteiger partial charge in [0.25, 0.3) is 0 Å². The van der Waals surface area contributed by atoms with Gasteiger partial charge in [-0.15, -0.1) is 11.3 Å². The fourth-order valence-corrected chi connectivity index (χ4v) is 4.46. The van der Waals surface area contributed by atoms with E-state index in [4.69, 9.17) is 28.3 Å². The molecule has 1 aromatic heterocycles. The second kappa shape index (κ2) is 7.72. The number of hydrogen-bond donors (Lipinski definition) is 1. The van der Waals surface area contributed by atoms with Crippen LogP contribution in [0.2, 0.25) is 10.0 Å². The molecule has 25 heavy (non-hydrogen) atoms. The summed E-state index contributed by atoms with van der Waals surface area (Å²) < 4.78 is 0. The highest BCUT2D eigenvalue weighted by molar-refractivity contribution is 7.13. The number of rotatable bonds is 4. The van der Waals surface area contributed by atoms with Crippen LogP contribution >= 0.6 is 34.5 Å². The van der Waals surface area contributed by atoms with Crippen LogP contribution in [0.4, 0.5) is 0 Å². The van der Waals surface area contributed by atoms with Crippen molar-refractivity contribution in [2.75, 3.05) is 13.1 Å². The molecule has 1 aromatic carbocycles. The average Bonchev–Trinajstić information content (AvgIpc) is 3.03. The van der Waals surface area contributed by atoms with Gasteiger partial charge in [0.1, 0.15) is 5.01 Å². The minimum absolute atomic E-state index is 0.104. The lowest BCUT2D eigenvalue weighted by Gasteiger charge is -2.30. The highest BCUT2D eigenvalue weighted by Gasteiger charge is 2.28. The second-order valence-electron chi connectivity index (χ2n) is 5.93. The molecule has 1 aliphatic rings. The number of hydrogen-bond acceptors (Lipinski definition) is 4. The largest absolute Gasteiger partial charge is 0.481 e. The van der Waals surface area contributed by atoms with Crippen LogP contribution in [0, 0.1) is 5.92 Å². The molecule has 5 nitrogen and oxygen atoms in total. The quantitative estimate of drug-likeness (QED) is 0.844. The molecule has 0 radical (unpaired) electrons. The molecule has 1 amide bonds. The lowest BCUT2D eigenvalue weighted by Crippen LogP contribution is -2.43. The van der Waals surface area contributed by atoms with Crippen molar-refractivity contribution >= 4 is 46.4 Å². The molecule has 1 saturated heterocycles. The van der Waals surface area contributed by atoms with Crippen LogP contribution in [0.15, 0.2) is 23.6 Å². The number of nitrogens with zero attached hydrogens (tertiary/aromatic N) is 2. The Balaban J connectivity index is 1.71. The molecule has 3 rings (SSSR count). The summed E-state index contributed by atoms with van der Waals surface area (Å²) in [6, 6.07) is 5.25. The summed E-state index contributed by atoms with van der Waals surface area (Å²) in [6.07, 6.45) is 1.47. The predicted octanol–water partition coefficient (Wildman–Crippen LogP) is 3.98. The first-order chi connectivity index (χ1) is 12.0. The zero-order valence-corrected chi connectivity index (χ0v) is 15.6. The highest BCUT2D eigenvalue weighted by Crippen LogP contribution is 2.36. The van der Waals surface area contributed by atoms with E-state index in [-0.39, 0.29) is 18.9 Å². The van der Waals surface area contributed by atoms with Gasteiger partial charge >= 0.3 is 5.97 Å². The lowest BCUT2D eigenvalue weighted by molar-refractivity contribution is -0.145. The van der Waals surface area contributed by atoms with Gasteiger partial charge in [0.2, 0.25) is 5.91 Å². The number of piperidine rings is 1. The van der Waals surface area contributed by atoms with E-state index in [0.717, 1.165) is 0 Å². The SMILES string of the molecule is O=C(O)[C@@H]1CCCN(C(=O)Cc2csc(-c3c(Cl)cccc3Cl)n2)C1. The average molecular weight is 399 g/mol. The fourth-order valence-electron chi connectivity index (χ4n) is 2.88. The summed E-state index contributed by atoms with van der Waals surface area (Å²) in [5.41, 5.74) is 1.30. The molecule has 8 heteroatoms. The number of carboxylic acids is 1. The van der Waals surface area contributed by atoms with E-state index in [0.29, 0.717) is 45.7 Å². The Morgan fingerprint density at radius 3 is 2.72 bits per heavy atom. The smallest absolute Gasteiger partial charge is 0.308 e. The molecular weight excluding hydrogens is 383 g/mol. The summed E-state index contributed by atoms with van der Waals surface area (Å²) in [7, 11) is 0. The first-order valence-electron chi connectivity index (χ1n) is 7.85. The molecule has 1 N–H and O–H groups in total. The van der Waals surface area contributed by atoms with Gasteiger partial charge in [-0.2, -0.15) is 0 Å². The van der Waals surface area contributed by atoms with Crippen molar-refractivity contribution in [3.63, 3.8) is 0 Å². The maximum Gasteiger partial charge on any atom is 0.308 e. The molecule has 1 atom stereocenters. The Hall–Kier alpha value is -1.63. The third kappa shape index (κ3) is 4.14. The molecule has 0 unspecified atom stereocenters. The van der Waals surface area contributed by atoms with E-state index in [1.165, 1.54) is 11.3 Å². The molecule has 1 aliphatic heterocycles. The number of carboxylic acid groups (broad SMARTS) is 1. The molecular formula is C17H16Cl2N2O3S. The van der Waals surface area contributed by atoms with Gasteiger partial charge in [0.15, 0.2) is 0 Å². The van der Waals surface area contributed by atoms with E-state index in [1.54, 1.807) is 23.1 Å². The minimum atomic E-state index is -0.846. The number of amides is 1. The van der Waals surface area contributed by atoms with Crippen molar-refractivity contribution in [1.29, 1.82) is 0 Å². The molecule has 132 valence electrons. The van der Waals surface area contributed by atoms with E-state index in [9.17, 15) is 9.59 Å². The molecule has 2 aromatic rings. The fraction of sp³-hybridized carbons (Fsp3) is 0.353. The molecule has 0 saturated carbocycles. The monoisotopic (exact) mass is 398 g/mol. The van der Waals surface area contributed by atoms with Gasteiger partial charge in [0.05, 0.1) is 28.1 Å². The zero-order chi connectivity index (χ0) is 18.0. The van der Waals surface area contributed by atoms with Gasteiger partial charge in [-0.1, -0.05) is 29.3 Å². The van der Waals surface area contributed by atoms with Crippen LogP contribution in [0.1, 0.15) is 18.5 Å². The normalized spacial score (nSPS) is 17.5.